The van der Waals surface area contributed by atoms with Gasteiger partial charge >= 0.3 is 39.5 Å². The fourth-order valence-electron chi connectivity index (χ4n) is 10.7. The number of hydrogen-bond acceptors (Lipinski definition) is 15. The Morgan fingerprint density at radius 2 is 0.567 bits per heavy atom. The molecule has 0 heterocycles. The van der Waals surface area contributed by atoms with Gasteiger partial charge in [-0.15, -0.1) is 0 Å². The lowest BCUT2D eigenvalue weighted by atomic mass is 9.99. The standard InChI is InChI=1S/C71H138O17P2/c1-8-11-12-35-45-52-68(73)81-58-66(87-71(76)55-48-41-34-28-26-31-38-44-51-64(7)10-3)60-85-89(77,78)83-56-65(72)57-84-90(79,80)86-61-67(59-82-69(74)53-46-39-32-27-25-30-37-43-50-63(6)9-2)88-70(75)54-47-40-33-24-22-20-18-16-14-13-15-17-19-21-23-29-36-42-49-62(4)5/h62-67,72H,8-61H2,1-7H3,(H,77,78)(H,79,80)/t63?,64?,65-,66+,67+/m0/s1. The molecule has 0 aromatic rings. The van der Waals surface area contributed by atoms with E-state index >= 15 is 0 Å². The van der Waals surface area contributed by atoms with E-state index in [1.807, 2.05) is 0 Å². The third-order valence-electron chi connectivity index (χ3n) is 17.1. The molecule has 0 spiro atoms. The van der Waals surface area contributed by atoms with E-state index < -0.39 is 97.5 Å². The number of hydrogen-bond donors (Lipinski definition) is 3. The van der Waals surface area contributed by atoms with Crippen molar-refractivity contribution in [1.29, 1.82) is 0 Å². The minimum absolute atomic E-state index is 0.104. The number of esters is 4. The molecule has 0 aliphatic rings. The Hall–Kier alpha value is -1.94. The molecular weight excluding hydrogens is 1190 g/mol. The number of phosphoric acid groups is 2. The van der Waals surface area contributed by atoms with Crippen LogP contribution < -0.4 is 0 Å². The molecule has 0 radical (unpaired) electrons. The van der Waals surface area contributed by atoms with Crippen LogP contribution in [0, 0.1) is 17.8 Å². The lowest BCUT2D eigenvalue weighted by molar-refractivity contribution is -0.161. The second-order valence-electron chi connectivity index (χ2n) is 26.6. The van der Waals surface area contributed by atoms with Crippen molar-refractivity contribution in [2.24, 2.45) is 17.8 Å². The summed E-state index contributed by atoms with van der Waals surface area (Å²) in [6, 6.07) is 0. The summed E-state index contributed by atoms with van der Waals surface area (Å²) < 4.78 is 68.1. The van der Waals surface area contributed by atoms with Crippen LogP contribution in [-0.4, -0.2) is 96.7 Å². The molecule has 0 aromatic carbocycles. The van der Waals surface area contributed by atoms with E-state index in [0.717, 1.165) is 114 Å². The fraction of sp³-hybridized carbons (Fsp3) is 0.944. The van der Waals surface area contributed by atoms with Crippen molar-refractivity contribution < 1.29 is 80.2 Å². The maximum absolute atomic E-state index is 13.0. The smallest absolute Gasteiger partial charge is 0.462 e. The Morgan fingerprint density at radius 3 is 0.844 bits per heavy atom. The van der Waals surface area contributed by atoms with E-state index in [0.29, 0.717) is 25.7 Å². The quantitative estimate of drug-likeness (QED) is 0.0222. The van der Waals surface area contributed by atoms with Crippen molar-refractivity contribution >= 4 is 39.5 Å². The summed E-state index contributed by atoms with van der Waals surface area (Å²) in [7, 11) is -9.89. The van der Waals surface area contributed by atoms with Gasteiger partial charge in [0.25, 0.3) is 0 Å². The largest absolute Gasteiger partial charge is 0.472 e. The second-order valence-corrected chi connectivity index (χ2v) is 29.5. The summed E-state index contributed by atoms with van der Waals surface area (Å²) in [6.07, 6.45) is 46.2. The molecule has 4 unspecified atom stereocenters. The van der Waals surface area contributed by atoms with Crippen molar-refractivity contribution in [3.05, 3.63) is 0 Å². The van der Waals surface area contributed by atoms with Crippen molar-refractivity contribution in [3.8, 4) is 0 Å². The van der Waals surface area contributed by atoms with Crippen LogP contribution in [0.1, 0.15) is 357 Å². The van der Waals surface area contributed by atoms with Gasteiger partial charge in [0.2, 0.25) is 0 Å². The van der Waals surface area contributed by atoms with E-state index in [4.69, 9.17) is 37.0 Å². The Balaban J connectivity index is 5.12. The molecule has 0 bridgehead atoms. The van der Waals surface area contributed by atoms with Gasteiger partial charge in [-0.25, -0.2) is 9.13 Å². The Morgan fingerprint density at radius 1 is 0.322 bits per heavy atom. The third kappa shape index (κ3) is 62.2. The summed E-state index contributed by atoms with van der Waals surface area (Å²) in [5, 5.41) is 10.6. The number of rotatable bonds is 69. The highest BCUT2D eigenvalue weighted by Gasteiger charge is 2.30. The van der Waals surface area contributed by atoms with Crippen LogP contribution >= 0.6 is 15.6 Å². The molecule has 3 N–H and O–H groups in total. The number of aliphatic hydroxyl groups excluding tert-OH is 1. The number of phosphoric ester groups is 2. The SMILES string of the molecule is CCCCCCCC(=O)OC[C@H](COP(=O)(O)OC[C@H](O)COP(=O)(O)OC[C@@H](COC(=O)CCCCCCCCCCC(C)CC)OC(=O)CCCCCCCCCCCCCCCCCCCCC(C)C)OC(=O)CCCCCCCCCCC(C)CC. The van der Waals surface area contributed by atoms with Gasteiger partial charge in [-0.3, -0.25) is 37.3 Å². The van der Waals surface area contributed by atoms with Crippen LogP contribution in [0.15, 0.2) is 0 Å². The van der Waals surface area contributed by atoms with Crippen LogP contribution in [-0.2, 0) is 65.4 Å². The molecular formula is C71H138O17P2. The number of aliphatic hydroxyl groups is 1. The number of carbonyl (C=O) groups excluding carboxylic acids is 4. The van der Waals surface area contributed by atoms with Gasteiger partial charge in [-0.05, 0) is 43.4 Å². The maximum Gasteiger partial charge on any atom is 0.472 e. The molecule has 0 aromatic heterocycles. The topological polar surface area (TPSA) is 237 Å². The molecule has 90 heavy (non-hydrogen) atoms. The summed E-state index contributed by atoms with van der Waals surface area (Å²) in [6.45, 7) is 11.8. The number of unbranched alkanes of at least 4 members (excludes halogenated alkanes) is 35. The normalized spacial score (nSPS) is 14.8. The fourth-order valence-corrected chi connectivity index (χ4v) is 12.2. The molecule has 0 fully saturated rings. The summed E-state index contributed by atoms with van der Waals surface area (Å²) in [5.41, 5.74) is 0. The van der Waals surface area contributed by atoms with Gasteiger partial charge in [0.1, 0.15) is 19.3 Å². The first kappa shape index (κ1) is 88.1. The van der Waals surface area contributed by atoms with E-state index in [2.05, 4.69) is 48.5 Å². The molecule has 0 aliphatic heterocycles. The summed E-state index contributed by atoms with van der Waals surface area (Å²) >= 11 is 0. The van der Waals surface area contributed by atoms with Crippen LogP contribution in [0.4, 0.5) is 0 Å². The molecule has 7 atom stereocenters. The first-order valence-corrected chi connectivity index (χ1v) is 39.9. The maximum atomic E-state index is 13.0. The van der Waals surface area contributed by atoms with Gasteiger partial charge in [-0.1, -0.05) is 305 Å². The van der Waals surface area contributed by atoms with Crippen molar-refractivity contribution in [1.82, 2.24) is 0 Å². The van der Waals surface area contributed by atoms with Crippen LogP contribution in [0.2, 0.25) is 0 Å². The first-order valence-electron chi connectivity index (χ1n) is 36.9. The molecule has 19 heteroatoms. The van der Waals surface area contributed by atoms with E-state index in [-0.39, 0.29) is 25.7 Å². The van der Waals surface area contributed by atoms with E-state index in [1.165, 1.54) is 161 Å². The molecule has 0 amide bonds. The molecule has 0 saturated heterocycles. The Kier molecular flexibility index (Phi) is 60.6. The zero-order valence-corrected chi connectivity index (χ0v) is 60.4. The van der Waals surface area contributed by atoms with Gasteiger partial charge in [0, 0.05) is 25.7 Å². The Labute approximate surface area is 549 Å². The molecule has 0 saturated carbocycles. The summed E-state index contributed by atoms with van der Waals surface area (Å²) in [4.78, 5) is 72.3. The van der Waals surface area contributed by atoms with Gasteiger partial charge < -0.3 is 33.8 Å². The predicted octanol–water partition coefficient (Wildman–Crippen LogP) is 20.2. The van der Waals surface area contributed by atoms with Gasteiger partial charge in [0.15, 0.2) is 12.2 Å². The predicted molar refractivity (Wildman–Crippen MR) is 363 cm³/mol. The number of carbonyl (C=O) groups is 4. The first-order chi connectivity index (χ1) is 43.3. The highest BCUT2D eigenvalue weighted by atomic mass is 31.2. The van der Waals surface area contributed by atoms with Crippen molar-refractivity contribution in [2.75, 3.05) is 39.6 Å². The van der Waals surface area contributed by atoms with Crippen LogP contribution in [0.5, 0.6) is 0 Å². The average molecular weight is 1330 g/mol. The summed E-state index contributed by atoms with van der Waals surface area (Å²) in [5.74, 6) is 0.229. The van der Waals surface area contributed by atoms with Crippen molar-refractivity contribution in [3.63, 3.8) is 0 Å². The highest BCUT2D eigenvalue weighted by molar-refractivity contribution is 7.47. The lowest BCUT2D eigenvalue weighted by Crippen LogP contribution is -2.30. The van der Waals surface area contributed by atoms with E-state index in [1.54, 1.807) is 0 Å². The number of ether oxygens (including phenoxy) is 4. The lowest BCUT2D eigenvalue weighted by Gasteiger charge is -2.21. The zero-order valence-electron chi connectivity index (χ0n) is 58.6. The Bertz CT molecular complexity index is 1770. The third-order valence-corrected chi connectivity index (χ3v) is 19.0. The van der Waals surface area contributed by atoms with Gasteiger partial charge in [-0.2, -0.15) is 0 Å². The average Bonchev–Trinajstić information content (AvgIpc) is 3.73. The van der Waals surface area contributed by atoms with Gasteiger partial charge in [0.05, 0.1) is 26.4 Å². The minimum Gasteiger partial charge on any atom is -0.462 e. The molecule has 534 valence electrons. The van der Waals surface area contributed by atoms with Crippen molar-refractivity contribution in [2.45, 2.75) is 375 Å². The van der Waals surface area contributed by atoms with E-state index in [9.17, 15) is 43.2 Å². The minimum atomic E-state index is -4.95. The second kappa shape index (κ2) is 61.9. The monoisotopic (exact) mass is 1320 g/mol. The van der Waals surface area contributed by atoms with Crippen LogP contribution in [0.3, 0.4) is 0 Å². The molecule has 0 aliphatic carbocycles. The zero-order chi connectivity index (χ0) is 66.6. The highest BCUT2D eigenvalue weighted by Crippen LogP contribution is 2.45. The molecule has 0 rings (SSSR count). The van der Waals surface area contributed by atoms with Crippen LogP contribution in [0.25, 0.3) is 0 Å². The molecule has 17 nitrogen and oxygen atoms in total.